The third-order valence-electron chi connectivity index (χ3n) is 4.76. The molecule has 0 radical (unpaired) electrons. The van der Waals surface area contributed by atoms with Crippen molar-refractivity contribution in [2.75, 3.05) is 6.54 Å². The second-order valence-corrected chi connectivity index (χ2v) is 8.28. The van der Waals surface area contributed by atoms with Crippen molar-refractivity contribution in [3.8, 4) is 0 Å². The number of hydrogen-bond acceptors (Lipinski definition) is 4. The maximum Gasteiger partial charge on any atom is 0.250 e. The van der Waals surface area contributed by atoms with E-state index >= 15 is 0 Å². The van der Waals surface area contributed by atoms with Crippen LogP contribution in [0.4, 0.5) is 0 Å². The Morgan fingerprint density at radius 2 is 1.96 bits per heavy atom. The normalized spacial score (nSPS) is 18.1. The van der Waals surface area contributed by atoms with E-state index in [0.29, 0.717) is 12.1 Å². The summed E-state index contributed by atoms with van der Waals surface area (Å²) in [6.07, 6.45) is 1.30. The van der Waals surface area contributed by atoms with Gasteiger partial charge in [-0.2, -0.15) is 0 Å². The summed E-state index contributed by atoms with van der Waals surface area (Å²) < 4.78 is 27.5. The van der Waals surface area contributed by atoms with Gasteiger partial charge in [0.05, 0.1) is 4.90 Å². The first kappa shape index (κ1) is 18.6. The average Bonchev–Trinajstić information content (AvgIpc) is 2.66. The van der Waals surface area contributed by atoms with Crippen LogP contribution in [0, 0.1) is 0 Å². The second-order valence-electron chi connectivity index (χ2n) is 6.52. The summed E-state index contributed by atoms with van der Waals surface area (Å²) in [6.45, 7) is 0.307. The van der Waals surface area contributed by atoms with E-state index in [4.69, 9.17) is 5.73 Å². The van der Waals surface area contributed by atoms with E-state index in [2.05, 4.69) is 4.72 Å². The third kappa shape index (κ3) is 3.95. The van der Waals surface area contributed by atoms with Crippen molar-refractivity contribution in [1.82, 2.24) is 4.72 Å². The summed E-state index contributed by atoms with van der Waals surface area (Å²) in [5.74, 6) is -0.732. The number of nitrogens with two attached hydrogens (primary N) is 1. The Bertz CT molecular complexity index is 897. The molecule has 1 aliphatic carbocycles. The average molecular weight is 374 g/mol. The number of benzene rings is 2. The van der Waals surface area contributed by atoms with Gasteiger partial charge in [-0.05, 0) is 54.0 Å². The first-order valence-corrected chi connectivity index (χ1v) is 10.0. The standard InChI is InChI=1S/C19H22N2O4S/c20-19(23)18(22)14-9-10-17-13(11-14)5-4-6-15(17)12-21-26(24,25)16-7-2-1-3-8-16/h1-3,7-11,15,18,21-22H,4-6,12H2,(H2,20,23). The highest BCUT2D eigenvalue weighted by Crippen LogP contribution is 2.33. The largest absolute Gasteiger partial charge is 0.378 e. The summed E-state index contributed by atoms with van der Waals surface area (Å²) in [7, 11) is -3.55. The molecule has 0 fully saturated rings. The Balaban J connectivity index is 1.77. The van der Waals surface area contributed by atoms with Crippen LogP contribution < -0.4 is 10.5 Å². The van der Waals surface area contributed by atoms with Gasteiger partial charge in [-0.25, -0.2) is 13.1 Å². The zero-order valence-electron chi connectivity index (χ0n) is 14.3. The Morgan fingerprint density at radius 3 is 2.65 bits per heavy atom. The minimum Gasteiger partial charge on any atom is -0.378 e. The number of carbonyl (C=O) groups is 1. The van der Waals surface area contributed by atoms with Crippen LogP contribution >= 0.6 is 0 Å². The minimum absolute atomic E-state index is 0.0528. The Morgan fingerprint density at radius 1 is 1.23 bits per heavy atom. The fourth-order valence-electron chi connectivity index (χ4n) is 3.37. The van der Waals surface area contributed by atoms with E-state index in [0.717, 1.165) is 30.4 Å². The minimum atomic E-state index is -3.55. The van der Waals surface area contributed by atoms with Crippen LogP contribution in [0.3, 0.4) is 0 Å². The van der Waals surface area contributed by atoms with Crippen LogP contribution in [-0.2, 0) is 21.2 Å². The smallest absolute Gasteiger partial charge is 0.250 e. The first-order valence-electron chi connectivity index (χ1n) is 8.53. The van der Waals surface area contributed by atoms with Crippen LogP contribution in [0.2, 0.25) is 0 Å². The van der Waals surface area contributed by atoms with Crippen LogP contribution in [0.15, 0.2) is 53.4 Å². The van der Waals surface area contributed by atoms with Gasteiger partial charge in [0.2, 0.25) is 10.0 Å². The number of amides is 1. The van der Waals surface area contributed by atoms with E-state index < -0.39 is 22.0 Å². The number of aryl methyl sites for hydroxylation is 1. The predicted octanol–water partition coefficient (Wildman–Crippen LogP) is 1.60. The van der Waals surface area contributed by atoms with E-state index in [1.54, 1.807) is 42.5 Å². The molecule has 2 unspecified atom stereocenters. The molecule has 0 bridgehead atoms. The number of aliphatic hydroxyl groups is 1. The Hall–Kier alpha value is -2.22. The van der Waals surface area contributed by atoms with Crippen molar-refractivity contribution in [1.29, 1.82) is 0 Å². The molecule has 6 nitrogen and oxygen atoms in total. The van der Waals surface area contributed by atoms with Crippen LogP contribution in [0.25, 0.3) is 0 Å². The molecule has 0 aromatic heterocycles. The van der Waals surface area contributed by atoms with Gasteiger partial charge in [0.15, 0.2) is 6.10 Å². The second kappa shape index (κ2) is 7.57. The monoisotopic (exact) mass is 374 g/mol. The lowest BCUT2D eigenvalue weighted by Crippen LogP contribution is -2.30. The molecule has 0 saturated carbocycles. The molecule has 0 saturated heterocycles. The van der Waals surface area contributed by atoms with Crippen LogP contribution in [0.5, 0.6) is 0 Å². The molecule has 3 rings (SSSR count). The summed E-state index contributed by atoms with van der Waals surface area (Å²) >= 11 is 0. The van der Waals surface area contributed by atoms with E-state index in [9.17, 15) is 18.3 Å². The molecule has 7 heteroatoms. The number of primary amides is 1. The van der Waals surface area contributed by atoms with Gasteiger partial charge in [0, 0.05) is 6.54 Å². The van der Waals surface area contributed by atoms with Crippen molar-refractivity contribution in [3.63, 3.8) is 0 Å². The first-order chi connectivity index (χ1) is 12.4. The van der Waals surface area contributed by atoms with Gasteiger partial charge in [0.1, 0.15) is 0 Å². The van der Waals surface area contributed by atoms with E-state index in [1.807, 2.05) is 6.07 Å². The molecular weight excluding hydrogens is 352 g/mol. The Kier molecular flexibility index (Phi) is 5.41. The van der Waals surface area contributed by atoms with Gasteiger partial charge < -0.3 is 10.8 Å². The molecule has 2 aromatic rings. The quantitative estimate of drug-likeness (QED) is 0.713. The molecule has 26 heavy (non-hydrogen) atoms. The highest BCUT2D eigenvalue weighted by molar-refractivity contribution is 7.89. The predicted molar refractivity (Wildman–Crippen MR) is 97.9 cm³/mol. The third-order valence-corrected chi connectivity index (χ3v) is 6.20. The summed E-state index contributed by atoms with van der Waals surface area (Å²) in [4.78, 5) is 11.4. The lowest BCUT2D eigenvalue weighted by atomic mass is 9.81. The number of aliphatic hydroxyl groups excluding tert-OH is 1. The number of nitrogens with one attached hydrogen (secondary N) is 1. The molecule has 138 valence electrons. The van der Waals surface area contributed by atoms with Crippen molar-refractivity contribution in [3.05, 3.63) is 65.2 Å². The fourth-order valence-corrected chi connectivity index (χ4v) is 4.48. The van der Waals surface area contributed by atoms with Gasteiger partial charge in [-0.1, -0.05) is 36.4 Å². The number of sulfonamides is 1. The zero-order chi connectivity index (χ0) is 18.7. The molecule has 0 spiro atoms. The molecule has 0 heterocycles. The number of hydrogen-bond donors (Lipinski definition) is 3. The molecular formula is C19H22N2O4S. The van der Waals surface area contributed by atoms with Crippen molar-refractivity contribution in [2.24, 2.45) is 5.73 Å². The van der Waals surface area contributed by atoms with Gasteiger partial charge in [0.25, 0.3) is 5.91 Å². The van der Waals surface area contributed by atoms with Crippen LogP contribution in [0.1, 0.15) is 41.6 Å². The highest BCUT2D eigenvalue weighted by Gasteiger charge is 2.24. The van der Waals surface area contributed by atoms with Crippen molar-refractivity contribution in [2.45, 2.75) is 36.2 Å². The SMILES string of the molecule is NC(=O)C(O)c1ccc2c(c1)CCCC2CNS(=O)(=O)c1ccccc1. The number of carbonyl (C=O) groups excluding carboxylic acids is 1. The lowest BCUT2D eigenvalue weighted by Gasteiger charge is -2.26. The van der Waals surface area contributed by atoms with Gasteiger partial charge >= 0.3 is 0 Å². The highest BCUT2D eigenvalue weighted by atomic mass is 32.2. The van der Waals surface area contributed by atoms with E-state index in [1.165, 1.54) is 0 Å². The van der Waals surface area contributed by atoms with Crippen molar-refractivity contribution < 1.29 is 18.3 Å². The fraction of sp³-hybridized carbons (Fsp3) is 0.316. The summed E-state index contributed by atoms with van der Waals surface area (Å²) in [6, 6.07) is 13.6. The van der Waals surface area contributed by atoms with Crippen LogP contribution in [-0.4, -0.2) is 26.0 Å². The maximum atomic E-state index is 12.4. The maximum absolute atomic E-state index is 12.4. The topological polar surface area (TPSA) is 109 Å². The number of rotatable bonds is 6. The van der Waals surface area contributed by atoms with E-state index in [-0.39, 0.29) is 10.8 Å². The molecule has 0 aliphatic heterocycles. The lowest BCUT2D eigenvalue weighted by molar-refractivity contribution is -0.126. The molecule has 1 amide bonds. The molecule has 1 aliphatic rings. The van der Waals surface area contributed by atoms with Crippen molar-refractivity contribution >= 4 is 15.9 Å². The zero-order valence-corrected chi connectivity index (χ0v) is 15.1. The molecule has 2 atom stereocenters. The Labute approximate surface area is 153 Å². The van der Waals surface area contributed by atoms with Gasteiger partial charge in [-0.3, -0.25) is 4.79 Å². The molecule has 4 N–H and O–H groups in total. The number of fused-ring (bicyclic) bond motifs is 1. The summed E-state index contributed by atoms with van der Waals surface area (Å²) in [5.41, 5.74) is 7.70. The summed E-state index contributed by atoms with van der Waals surface area (Å²) in [5, 5.41) is 9.84. The molecule has 2 aromatic carbocycles. The van der Waals surface area contributed by atoms with Gasteiger partial charge in [-0.15, -0.1) is 0 Å².